The fraction of sp³-hybridized carbons (Fsp3) is 0.0769. The number of anilines is 1. The van der Waals surface area contributed by atoms with Crippen molar-refractivity contribution in [2.24, 2.45) is 0 Å². The van der Waals surface area contributed by atoms with Crippen LogP contribution in [0.2, 0.25) is 0 Å². The molecule has 1 heterocycles. The first-order chi connectivity index (χ1) is 17.7. The van der Waals surface area contributed by atoms with Crippen molar-refractivity contribution in [1.29, 1.82) is 0 Å². The standard InChI is InChI=1S/C26H18BrFN2O7/c1-36-21-12-15(11-20(27)22(21)37-13-14-2-4-16(5-3-14)25(33)34)10-19-23(31)29-26(35)30(24(19)32)18-8-6-17(28)7-9-18/h2-12H,13H2,1H3,(H,33,34)(H,29,31,35)/b19-10+. The maximum absolute atomic E-state index is 13.3. The summed E-state index contributed by atoms with van der Waals surface area (Å²) in [7, 11) is 1.42. The van der Waals surface area contributed by atoms with E-state index in [1.807, 2.05) is 0 Å². The maximum Gasteiger partial charge on any atom is 0.335 e. The molecule has 1 aliphatic heterocycles. The lowest BCUT2D eigenvalue weighted by Crippen LogP contribution is -2.54. The van der Waals surface area contributed by atoms with Crippen molar-refractivity contribution in [1.82, 2.24) is 5.32 Å². The largest absolute Gasteiger partial charge is 0.493 e. The number of nitrogens with one attached hydrogen (secondary N) is 1. The van der Waals surface area contributed by atoms with Crippen molar-refractivity contribution in [2.45, 2.75) is 6.61 Å². The Balaban J connectivity index is 1.60. The molecule has 0 aliphatic carbocycles. The Morgan fingerprint density at radius 1 is 1.08 bits per heavy atom. The summed E-state index contributed by atoms with van der Waals surface area (Å²) in [4.78, 5) is 49.6. The Morgan fingerprint density at radius 2 is 1.76 bits per heavy atom. The Morgan fingerprint density at radius 3 is 2.38 bits per heavy atom. The minimum absolute atomic E-state index is 0.0983. The highest BCUT2D eigenvalue weighted by molar-refractivity contribution is 9.10. The van der Waals surface area contributed by atoms with Crippen molar-refractivity contribution < 1.29 is 38.1 Å². The van der Waals surface area contributed by atoms with Crippen molar-refractivity contribution in [3.8, 4) is 11.5 Å². The molecule has 37 heavy (non-hydrogen) atoms. The van der Waals surface area contributed by atoms with Crippen molar-refractivity contribution in [3.63, 3.8) is 0 Å². The zero-order valence-corrected chi connectivity index (χ0v) is 20.7. The van der Waals surface area contributed by atoms with Gasteiger partial charge < -0.3 is 14.6 Å². The van der Waals surface area contributed by atoms with Gasteiger partial charge >= 0.3 is 12.0 Å². The van der Waals surface area contributed by atoms with Crippen molar-refractivity contribution in [2.75, 3.05) is 12.0 Å². The Bertz CT molecular complexity index is 1440. The van der Waals surface area contributed by atoms with Gasteiger partial charge in [-0.2, -0.15) is 0 Å². The lowest BCUT2D eigenvalue weighted by Gasteiger charge is -2.26. The topological polar surface area (TPSA) is 122 Å². The smallest absolute Gasteiger partial charge is 0.335 e. The molecule has 1 fully saturated rings. The number of hydrogen-bond acceptors (Lipinski definition) is 6. The molecule has 0 aromatic heterocycles. The number of rotatable bonds is 7. The predicted molar refractivity (Wildman–Crippen MR) is 134 cm³/mol. The van der Waals surface area contributed by atoms with E-state index in [1.54, 1.807) is 24.3 Å². The van der Waals surface area contributed by atoms with Gasteiger partial charge in [0, 0.05) is 0 Å². The Hall–Kier alpha value is -4.51. The number of benzene rings is 3. The van der Waals surface area contributed by atoms with Gasteiger partial charge in [0.05, 0.1) is 22.8 Å². The third-order valence-electron chi connectivity index (χ3n) is 5.33. The normalized spacial score (nSPS) is 14.5. The van der Waals surface area contributed by atoms with Gasteiger partial charge in [-0.05, 0) is 81.7 Å². The van der Waals surface area contributed by atoms with Gasteiger partial charge in [-0.15, -0.1) is 0 Å². The second-order valence-corrected chi connectivity index (χ2v) is 8.61. The summed E-state index contributed by atoms with van der Waals surface area (Å²) in [5.41, 5.74) is 1.06. The lowest BCUT2D eigenvalue weighted by molar-refractivity contribution is -0.122. The van der Waals surface area contributed by atoms with Crippen molar-refractivity contribution >= 4 is 51.5 Å². The number of imide groups is 2. The van der Waals surface area contributed by atoms with E-state index in [4.69, 9.17) is 14.6 Å². The molecule has 188 valence electrons. The second-order valence-electron chi connectivity index (χ2n) is 7.76. The molecular weight excluding hydrogens is 551 g/mol. The minimum atomic E-state index is -1.03. The number of carbonyl (C=O) groups excluding carboxylic acids is 3. The van der Waals surface area contributed by atoms with Gasteiger partial charge in [-0.3, -0.25) is 14.9 Å². The van der Waals surface area contributed by atoms with Crippen LogP contribution in [0.4, 0.5) is 14.9 Å². The van der Waals surface area contributed by atoms with Crippen LogP contribution < -0.4 is 19.7 Å². The molecule has 3 aromatic carbocycles. The van der Waals surface area contributed by atoms with Crippen LogP contribution in [0.3, 0.4) is 0 Å². The number of amides is 4. The molecule has 1 saturated heterocycles. The predicted octanol–water partition coefficient (Wildman–Crippen LogP) is 4.54. The van der Waals surface area contributed by atoms with Crippen LogP contribution >= 0.6 is 15.9 Å². The van der Waals surface area contributed by atoms with Crippen LogP contribution in [0.5, 0.6) is 11.5 Å². The van der Waals surface area contributed by atoms with Crippen LogP contribution in [-0.4, -0.2) is 36.0 Å². The third kappa shape index (κ3) is 5.51. The SMILES string of the molecule is COc1cc(/C=C2\C(=O)NC(=O)N(c3ccc(F)cc3)C2=O)cc(Br)c1OCc1ccc(C(=O)O)cc1. The molecular formula is C26H18BrFN2O7. The molecule has 0 saturated carbocycles. The number of urea groups is 1. The van der Waals surface area contributed by atoms with Gasteiger partial charge in [0.25, 0.3) is 11.8 Å². The fourth-order valence-corrected chi connectivity index (χ4v) is 4.09. The van der Waals surface area contributed by atoms with Gasteiger partial charge in [-0.25, -0.2) is 18.9 Å². The highest BCUT2D eigenvalue weighted by atomic mass is 79.9. The fourth-order valence-electron chi connectivity index (χ4n) is 3.51. The number of nitrogens with zero attached hydrogens (tertiary/aromatic N) is 1. The van der Waals surface area contributed by atoms with E-state index in [2.05, 4.69) is 21.2 Å². The van der Waals surface area contributed by atoms with Gasteiger partial charge in [0.15, 0.2) is 11.5 Å². The number of carboxylic acid groups (broad SMARTS) is 1. The quantitative estimate of drug-likeness (QED) is 0.317. The average molecular weight is 569 g/mol. The monoisotopic (exact) mass is 568 g/mol. The molecule has 3 aromatic rings. The minimum Gasteiger partial charge on any atom is -0.493 e. The number of ether oxygens (including phenoxy) is 2. The highest BCUT2D eigenvalue weighted by Crippen LogP contribution is 2.38. The molecule has 2 N–H and O–H groups in total. The summed E-state index contributed by atoms with van der Waals surface area (Å²) in [6.45, 7) is 0.116. The van der Waals surface area contributed by atoms with E-state index in [9.17, 15) is 23.6 Å². The zero-order valence-electron chi connectivity index (χ0n) is 19.2. The first kappa shape index (κ1) is 25.6. The molecule has 4 rings (SSSR count). The number of methoxy groups -OCH3 is 1. The number of aromatic carboxylic acids is 1. The van der Waals surface area contributed by atoms with Crippen LogP contribution in [0.1, 0.15) is 21.5 Å². The molecule has 4 amide bonds. The Kier molecular flexibility index (Phi) is 7.35. The molecule has 0 atom stereocenters. The maximum atomic E-state index is 13.3. The van der Waals surface area contributed by atoms with E-state index in [1.165, 1.54) is 37.5 Å². The summed E-state index contributed by atoms with van der Waals surface area (Å²) in [6.07, 6.45) is 1.29. The third-order valence-corrected chi connectivity index (χ3v) is 5.92. The molecule has 1 aliphatic rings. The number of halogens is 2. The summed E-state index contributed by atoms with van der Waals surface area (Å²) in [5.74, 6) is -2.70. The number of hydrogen-bond donors (Lipinski definition) is 2. The highest BCUT2D eigenvalue weighted by Gasteiger charge is 2.36. The average Bonchev–Trinajstić information content (AvgIpc) is 2.87. The van der Waals surface area contributed by atoms with Crippen LogP contribution in [-0.2, 0) is 16.2 Å². The number of barbiturate groups is 1. The van der Waals surface area contributed by atoms with Crippen LogP contribution in [0.15, 0.2) is 70.7 Å². The molecule has 0 radical (unpaired) electrons. The first-order valence-corrected chi connectivity index (χ1v) is 11.5. The lowest BCUT2D eigenvalue weighted by atomic mass is 10.1. The van der Waals surface area contributed by atoms with E-state index >= 15 is 0 Å². The van der Waals surface area contributed by atoms with E-state index in [0.717, 1.165) is 22.6 Å². The molecule has 0 unspecified atom stereocenters. The zero-order chi connectivity index (χ0) is 26.7. The van der Waals surface area contributed by atoms with Gasteiger partial charge in [0.2, 0.25) is 0 Å². The molecule has 9 nitrogen and oxygen atoms in total. The molecule has 11 heteroatoms. The summed E-state index contributed by atoms with van der Waals surface area (Å²) in [6, 6.07) is 13.1. The van der Waals surface area contributed by atoms with Gasteiger partial charge in [0.1, 0.15) is 18.0 Å². The Labute approximate surface area is 218 Å². The second kappa shape index (κ2) is 10.6. The number of carboxylic acids is 1. The van der Waals surface area contributed by atoms with E-state index in [0.29, 0.717) is 21.5 Å². The first-order valence-electron chi connectivity index (χ1n) is 10.7. The summed E-state index contributed by atoms with van der Waals surface area (Å²) >= 11 is 3.41. The molecule has 0 bridgehead atoms. The van der Waals surface area contributed by atoms with Crippen molar-refractivity contribution in [3.05, 3.63) is 93.2 Å². The molecule has 0 spiro atoms. The van der Waals surface area contributed by atoms with E-state index in [-0.39, 0.29) is 23.4 Å². The van der Waals surface area contributed by atoms with Gasteiger partial charge in [-0.1, -0.05) is 12.1 Å². The van der Waals surface area contributed by atoms with Crippen LogP contribution in [0.25, 0.3) is 6.08 Å². The van der Waals surface area contributed by atoms with Crippen LogP contribution in [0, 0.1) is 5.82 Å². The number of carbonyl (C=O) groups is 4. The van der Waals surface area contributed by atoms with E-state index < -0.39 is 29.6 Å². The summed E-state index contributed by atoms with van der Waals surface area (Å²) in [5, 5.41) is 11.1. The summed E-state index contributed by atoms with van der Waals surface area (Å²) < 4.78 is 25.0.